The summed E-state index contributed by atoms with van der Waals surface area (Å²) in [5.41, 5.74) is 2.14. The molecule has 0 radical (unpaired) electrons. The number of carbonyl (C=O) groups is 1. The second kappa shape index (κ2) is 8.61. The third-order valence-corrected chi connectivity index (χ3v) is 5.47. The maximum Gasteiger partial charge on any atom is 0.258 e. The minimum Gasteiger partial charge on any atom is -0.394 e. The van der Waals surface area contributed by atoms with Gasteiger partial charge in [0.15, 0.2) is 0 Å². The summed E-state index contributed by atoms with van der Waals surface area (Å²) in [5, 5.41) is 21.1. The molecule has 5 heteroatoms. The van der Waals surface area contributed by atoms with E-state index in [-0.39, 0.29) is 18.9 Å². The van der Waals surface area contributed by atoms with E-state index in [1.54, 1.807) is 30.7 Å². The Bertz CT molecular complexity index is 1040. The number of nitrogens with zero attached hydrogens (tertiary/aromatic N) is 2. The van der Waals surface area contributed by atoms with Gasteiger partial charge in [-0.25, -0.2) is 0 Å². The van der Waals surface area contributed by atoms with Crippen LogP contribution in [0.15, 0.2) is 91.4 Å². The summed E-state index contributed by atoms with van der Waals surface area (Å²) >= 11 is 0. The molecule has 0 bridgehead atoms. The quantitative estimate of drug-likeness (QED) is 0.688. The largest absolute Gasteiger partial charge is 0.394 e. The predicted octanol–water partition coefficient (Wildman–Crippen LogP) is 3.44. The van der Waals surface area contributed by atoms with Crippen molar-refractivity contribution in [2.24, 2.45) is 0 Å². The van der Waals surface area contributed by atoms with Gasteiger partial charge in [-0.15, -0.1) is 0 Å². The van der Waals surface area contributed by atoms with Crippen molar-refractivity contribution in [3.63, 3.8) is 0 Å². The molecule has 1 aliphatic heterocycles. The molecule has 0 unspecified atom stereocenters. The van der Waals surface area contributed by atoms with E-state index in [0.29, 0.717) is 12.0 Å². The first-order valence-corrected chi connectivity index (χ1v) is 9.98. The lowest BCUT2D eigenvalue weighted by molar-refractivity contribution is 0.0199. The van der Waals surface area contributed by atoms with Gasteiger partial charge in [0.05, 0.1) is 18.2 Å². The molecule has 2 heterocycles. The van der Waals surface area contributed by atoms with Crippen molar-refractivity contribution in [3.05, 3.63) is 103 Å². The minimum absolute atomic E-state index is 0.209. The van der Waals surface area contributed by atoms with Gasteiger partial charge >= 0.3 is 0 Å². The molecule has 4 rings (SSSR count). The molecule has 1 aliphatic rings. The van der Waals surface area contributed by atoms with Gasteiger partial charge in [0.1, 0.15) is 0 Å². The molecule has 2 N–H and O–H groups in total. The van der Waals surface area contributed by atoms with E-state index >= 15 is 0 Å². The molecule has 1 amide bonds. The van der Waals surface area contributed by atoms with Gasteiger partial charge in [-0.3, -0.25) is 9.78 Å². The Morgan fingerprint density at radius 1 is 1.03 bits per heavy atom. The molecule has 0 spiro atoms. The Hall–Kier alpha value is -3.28. The van der Waals surface area contributed by atoms with Crippen LogP contribution in [0.3, 0.4) is 0 Å². The summed E-state index contributed by atoms with van der Waals surface area (Å²) in [7, 11) is 0. The number of hydrogen-bond acceptors (Lipinski definition) is 4. The first-order chi connectivity index (χ1) is 14.6. The number of amides is 1. The van der Waals surface area contributed by atoms with Gasteiger partial charge < -0.3 is 15.1 Å². The van der Waals surface area contributed by atoms with E-state index in [9.17, 15) is 15.0 Å². The van der Waals surface area contributed by atoms with Crippen molar-refractivity contribution >= 4 is 5.91 Å². The average Bonchev–Trinajstić information content (AvgIpc) is 2.79. The molecule has 5 nitrogen and oxygen atoms in total. The van der Waals surface area contributed by atoms with E-state index in [0.717, 1.165) is 16.7 Å². The lowest BCUT2D eigenvalue weighted by atomic mass is 9.85. The molecule has 1 aromatic heterocycles. The maximum atomic E-state index is 13.4. The molecule has 152 valence electrons. The first kappa shape index (κ1) is 20.0. The molecule has 30 heavy (non-hydrogen) atoms. The highest BCUT2D eigenvalue weighted by molar-refractivity contribution is 6.01. The Morgan fingerprint density at radius 2 is 1.73 bits per heavy atom. The summed E-state index contributed by atoms with van der Waals surface area (Å²) < 4.78 is 0. The van der Waals surface area contributed by atoms with Crippen molar-refractivity contribution < 1.29 is 15.0 Å². The molecule has 2 aromatic carbocycles. The monoisotopic (exact) mass is 400 g/mol. The second-order valence-corrected chi connectivity index (χ2v) is 7.62. The van der Waals surface area contributed by atoms with E-state index in [1.165, 1.54) is 4.90 Å². The number of pyridine rings is 1. The minimum atomic E-state index is -1.11. The predicted molar refractivity (Wildman–Crippen MR) is 116 cm³/mol. The van der Waals surface area contributed by atoms with Gasteiger partial charge in [-0.05, 0) is 41.0 Å². The number of aliphatic hydroxyl groups excluding tert-OH is 1. The third-order valence-electron chi connectivity index (χ3n) is 5.47. The van der Waals surface area contributed by atoms with Crippen molar-refractivity contribution in [3.8, 4) is 11.1 Å². The van der Waals surface area contributed by atoms with Crippen LogP contribution in [-0.4, -0.2) is 44.3 Å². The van der Waals surface area contributed by atoms with Crippen molar-refractivity contribution in [1.29, 1.82) is 0 Å². The highest BCUT2D eigenvalue weighted by Gasteiger charge is 2.37. The molecule has 0 saturated heterocycles. The number of rotatable bonds is 5. The topological polar surface area (TPSA) is 73.7 Å². The number of aliphatic hydroxyl groups is 2. The summed E-state index contributed by atoms with van der Waals surface area (Å²) in [6.07, 6.45) is 7.35. The zero-order valence-corrected chi connectivity index (χ0v) is 16.6. The Morgan fingerprint density at radius 3 is 2.47 bits per heavy atom. The highest BCUT2D eigenvalue weighted by atomic mass is 16.3. The van der Waals surface area contributed by atoms with Crippen LogP contribution < -0.4 is 0 Å². The van der Waals surface area contributed by atoms with E-state index in [4.69, 9.17) is 0 Å². The Balaban J connectivity index is 1.63. The summed E-state index contributed by atoms with van der Waals surface area (Å²) in [4.78, 5) is 19.0. The lowest BCUT2D eigenvalue weighted by Gasteiger charge is -2.39. The van der Waals surface area contributed by atoms with Gasteiger partial charge in [0, 0.05) is 37.0 Å². The maximum absolute atomic E-state index is 13.4. The highest BCUT2D eigenvalue weighted by Crippen LogP contribution is 2.31. The number of hydrogen-bond donors (Lipinski definition) is 2. The van der Waals surface area contributed by atoms with Crippen LogP contribution in [0, 0.1) is 0 Å². The lowest BCUT2D eigenvalue weighted by Crippen LogP contribution is -2.49. The fourth-order valence-electron chi connectivity index (χ4n) is 3.97. The molecule has 0 saturated carbocycles. The van der Waals surface area contributed by atoms with Gasteiger partial charge in [-0.1, -0.05) is 48.5 Å². The molecule has 2 atom stereocenters. The first-order valence-electron chi connectivity index (χ1n) is 9.98. The van der Waals surface area contributed by atoms with E-state index < -0.39 is 11.6 Å². The van der Waals surface area contributed by atoms with Gasteiger partial charge in [0.25, 0.3) is 5.91 Å². The normalized spacial score (nSPS) is 20.9. The van der Waals surface area contributed by atoms with Crippen LogP contribution in [-0.2, 0) is 6.42 Å². The van der Waals surface area contributed by atoms with E-state index in [1.807, 2.05) is 60.7 Å². The van der Waals surface area contributed by atoms with Crippen LogP contribution in [0.4, 0.5) is 0 Å². The van der Waals surface area contributed by atoms with Crippen LogP contribution in [0.2, 0.25) is 0 Å². The molecule has 0 fully saturated rings. The van der Waals surface area contributed by atoms with Crippen LogP contribution in [0.25, 0.3) is 11.1 Å². The third kappa shape index (κ3) is 4.17. The zero-order valence-electron chi connectivity index (χ0n) is 16.6. The van der Waals surface area contributed by atoms with Crippen molar-refractivity contribution in [1.82, 2.24) is 9.88 Å². The smallest absolute Gasteiger partial charge is 0.258 e. The molecule has 0 aliphatic carbocycles. The summed E-state index contributed by atoms with van der Waals surface area (Å²) in [6.45, 7) is -0.232. The van der Waals surface area contributed by atoms with Crippen LogP contribution >= 0.6 is 0 Å². The van der Waals surface area contributed by atoms with E-state index in [2.05, 4.69) is 4.98 Å². The molecule has 3 aromatic rings. The molecular weight excluding hydrogens is 376 g/mol. The Labute approximate surface area is 175 Å². The summed E-state index contributed by atoms with van der Waals surface area (Å²) in [6, 6.07) is 20.3. The standard InChI is InChI=1S/C25H24N2O3/c28-18-21-17-25(30,16-19-6-2-1-3-7-19)12-15-27(21)24(29)23-9-5-4-8-22(23)20-10-13-26-14-11-20/h1-15,21,28,30H,16-18H2/t21-,25-/m0/s1. The number of benzene rings is 2. The molecular formula is C25H24N2O3. The fraction of sp³-hybridized carbons (Fsp3) is 0.200. The summed E-state index contributed by atoms with van der Waals surface area (Å²) in [5.74, 6) is -0.209. The number of aromatic nitrogens is 1. The Kier molecular flexibility index (Phi) is 5.74. The zero-order chi connectivity index (χ0) is 21.0. The average molecular weight is 400 g/mol. The van der Waals surface area contributed by atoms with Crippen molar-refractivity contribution in [2.45, 2.75) is 24.5 Å². The second-order valence-electron chi connectivity index (χ2n) is 7.62. The SMILES string of the molecule is O=C(c1ccccc1-c1ccncc1)N1C=C[C@](O)(Cc2ccccc2)C[C@H]1CO. The van der Waals surface area contributed by atoms with Crippen LogP contribution in [0.5, 0.6) is 0 Å². The van der Waals surface area contributed by atoms with Crippen LogP contribution in [0.1, 0.15) is 22.3 Å². The van der Waals surface area contributed by atoms with Gasteiger partial charge in [0.2, 0.25) is 0 Å². The number of carbonyl (C=O) groups excluding carboxylic acids is 1. The van der Waals surface area contributed by atoms with Crippen molar-refractivity contribution in [2.75, 3.05) is 6.61 Å². The van der Waals surface area contributed by atoms with Gasteiger partial charge in [-0.2, -0.15) is 0 Å². The fourth-order valence-corrected chi connectivity index (χ4v) is 3.97.